The number of thiazole rings is 1. The Kier molecular flexibility index (Phi) is 6.34. The van der Waals surface area contributed by atoms with Crippen LogP contribution in [-0.2, 0) is 6.54 Å². The molecule has 2 heterocycles. The lowest BCUT2D eigenvalue weighted by Crippen LogP contribution is -2.51. The van der Waals surface area contributed by atoms with Crippen LogP contribution in [0.4, 0.5) is 5.13 Å². The molecule has 156 valence electrons. The van der Waals surface area contributed by atoms with E-state index in [-0.39, 0.29) is 0 Å². The highest BCUT2D eigenvalue weighted by molar-refractivity contribution is 7.13. The predicted molar refractivity (Wildman–Crippen MR) is 121 cm³/mol. The molecule has 3 aromatic rings. The van der Waals surface area contributed by atoms with Gasteiger partial charge in [0.25, 0.3) is 0 Å². The number of aliphatic imine (C=N–C) groups is 1. The summed E-state index contributed by atoms with van der Waals surface area (Å²) in [5.74, 6) is 2.72. The minimum atomic E-state index is 0.535. The number of nitrogens with zero attached hydrogens (tertiary/aromatic N) is 4. The van der Waals surface area contributed by atoms with Crippen LogP contribution >= 0.6 is 11.3 Å². The number of benzene rings is 2. The van der Waals surface area contributed by atoms with Crippen LogP contribution in [0.5, 0.6) is 17.2 Å². The van der Waals surface area contributed by atoms with Gasteiger partial charge in [-0.3, -0.25) is 0 Å². The Morgan fingerprint density at radius 3 is 2.47 bits per heavy atom. The fraction of sp³-hybridized carbons (Fsp3) is 0.273. The Morgan fingerprint density at radius 2 is 1.80 bits per heavy atom. The number of guanidine groups is 1. The lowest BCUT2D eigenvalue weighted by Gasteiger charge is -2.35. The largest absolute Gasteiger partial charge is 0.493 e. The second kappa shape index (κ2) is 9.49. The average molecular weight is 424 g/mol. The number of nitrogens with two attached hydrogens (primary N) is 1. The zero-order chi connectivity index (χ0) is 20.8. The Balaban J connectivity index is 1.30. The topological polar surface area (TPSA) is 76.2 Å². The van der Waals surface area contributed by atoms with E-state index in [1.54, 1.807) is 18.4 Å². The van der Waals surface area contributed by atoms with Crippen LogP contribution in [0.15, 0.2) is 65.1 Å². The number of hydrogen-bond donors (Lipinski definition) is 1. The molecular weight excluding hydrogens is 398 g/mol. The summed E-state index contributed by atoms with van der Waals surface area (Å²) in [6.45, 7) is 4.03. The summed E-state index contributed by atoms with van der Waals surface area (Å²) in [6.07, 6.45) is 1.84. The predicted octanol–water partition coefficient (Wildman–Crippen LogP) is 3.58. The van der Waals surface area contributed by atoms with Crippen molar-refractivity contribution in [1.82, 2.24) is 9.88 Å². The van der Waals surface area contributed by atoms with E-state index in [0.29, 0.717) is 24.0 Å². The second-order valence-electron chi connectivity index (χ2n) is 6.86. The zero-order valence-corrected chi connectivity index (χ0v) is 17.7. The van der Waals surface area contributed by atoms with Crippen molar-refractivity contribution in [3.63, 3.8) is 0 Å². The van der Waals surface area contributed by atoms with Crippen molar-refractivity contribution in [2.45, 2.75) is 6.54 Å². The number of anilines is 1. The van der Waals surface area contributed by atoms with E-state index in [1.807, 2.05) is 60.1 Å². The molecule has 2 aromatic carbocycles. The van der Waals surface area contributed by atoms with Crippen molar-refractivity contribution in [2.75, 3.05) is 38.2 Å². The highest BCUT2D eigenvalue weighted by Crippen LogP contribution is 2.31. The van der Waals surface area contributed by atoms with E-state index in [2.05, 4.69) is 19.8 Å². The molecule has 1 fully saturated rings. The van der Waals surface area contributed by atoms with E-state index in [4.69, 9.17) is 15.2 Å². The quantitative estimate of drug-likeness (QED) is 0.482. The van der Waals surface area contributed by atoms with Gasteiger partial charge in [-0.2, -0.15) is 0 Å². The van der Waals surface area contributed by atoms with Gasteiger partial charge in [0.15, 0.2) is 22.6 Å². The van der Waals surface area contributed by atoms with Gasteiger partial charge < -0.3 is 25.0 Å². The average Bonchev–Trinajstić information content (AvgIpc) is 3.34. The first kappa shape index (κ1) is 20.0. The van der Waals surface area contributed by atoms with Gasteiger partial charge in [0, 0.05) is 37.8 Å². The van der Waals surface area contributed by atoms with E-state index in [0.717, 1.165) is 42.6 Å². The molecule has 7 nitrogen and oxygen atoms in total. The molecule has 1 saturated heterocycles. The number of ether oxygens (including phenoxy) is 2. The standard InChI is InChI=1S/C22H25N5O2S/c1-28-19-4-2-3-5-20(19)29-18-8-6-17(7-9-18)16-25-21(23)26-11-13-27(14-12-26)22-24-10-15-30-22/h2-10,15H,11-14,16H2,1H3,(H2,23,25). The number of hydrogen-bond acceptors (Lipinski definition) is 6. The smallest absolute Gasteiger partial charge is 0.191 e. The molecule has 2 N–H and O–H groups in total. The van der Waals surface area contributed by atoms with Gasteiger partial charge >= 0.3 is 0 Å². The van der Waals surface area contributed by atoms with Crippen LogP contribution in [0.25, 0.3) is 0 Å². The van der Waals surface area contributed by atoms with Gasteiger partial charge in [-0.25, -0.2) is 9.98 Å². The first-order chi connectivity index (χ1) is 14.7. The Bertz CT molecular complexity index is 967. The van der Waals surface area contributed by atoms with Crippen LogP contribution in [0.3, 0.4) is 0 Å². The van der Waals surface area contributed by atoms with Crippen molar-refractivity contribution in [1.29, 1.82) is 0 Å². The number of piperazine rings is 1. The van der Waals surface area contributed by atoms with Gasteiger partial charge in [-0.15, -0.1) is 11.3 Å². The van der Waals surface area contributed by atoms with Crippen LogP contribution in [0, 0.1) is 0 Å². The first-order valence-electron chi connectivity index (χ1n) is 9.82. The third kappa shape index (κ3) is 4.83. The SMILES string of the molecule is COc1ccccc1Oc1ccc(CN=C(N)N2CCN(c3nccs3)CC2)cc1. The van der Waals surface area contributed by atoms with Crippen molar-refractivity contribution in [3.05, 3.63) is 65.7 Å². The Labute approximate surface area is 180 Å². The molecular formula is C22H25N5O2S. The van der Waals surface area contributed by atoms with Crippen molar-refractivity contribution < 1.29 is 9.47 Å². The van der Waals surface area contributed by atoms with Gasteiger partial charge in [-0.1, -0.05) is 24.3 Å². The number of methoxy groups -OCH3 is 1. The summed E-state index contributed by atoms with van der Waals surface area (Å²) in [7, 11) is 1.63. The maximum atomic E-state index is 6.23. The number of para-hydroxylation sites is 2. The molecule has 0 aliphatic carbocycles. The third-order valence-corrected chi connectivity index (χ3v) is 5.77. The van der Waals surface area contributed by atoms with Crippen LogP contribution < -0.4 is 20.1 Å². The summed E-state index contributed by atoms with van der Waals surface area (Å²) in [5, 5.41) is 3.07. The molecule has 1 aliphatic rings. The zero-order valence-electron chi connectivity index (χ0n) is 16.9. The summed E-state index contributed by atoms with van der Waals surface area (Å²) in [5.41, 5.74) is 7.31. The molecule has 1 aliphatic heterocycles. The van der Waals surface area contributed by atoms with Gasteiger partial charge in [-0.05, 0) is 29.8 Å². The monoisotopic (exact) mass is 423 g/mol. The molecule has 0 unspecified atom stereocenters. The fourth-order valence-corrected chi connectivity index (χ4v) is 3.96. The maximum absolute atomic E-state index is 6.23. The van der Waals surface area contributed by atoms with Crippen LogP contribution in [-0.4, -0.2) is 49.1 Å². The molecule has 0 radical (unpaired) electrons. The second-order valence-corrected chi connectivity index (χ2v) is 7.73. The minimum Gasteiger partial charge on any atom is -0.493 e. The third-order valence-electron chi connectivity index (χ3n) is 4.94. The summed E-state index contributed by atoms with van der Waals surface area (Å²) in [6, 6.07) is 15.4. The minimum absolute atomic E-state index is 0.535. The summed E-state index contributed by atoms with van der Waals surface area (Å²) < 4.78 is 11.2. The van der Waals surface area contributed by atoms with E-state index < -0.39 is 0 Å². The molecule has 0 spiro atoms. The maximum Gasteiger partial charge on any atom is 0.191 e. The molecule has 0 saturated carbocycles. The molecule has 1 aromatic heterocycles. The van der Waals surface area contributed by atoms with E-state index >= 15 is 0 Å². The fourth-order valence-electron chi connectivity index (χ4n) is 3.26. The highest BCUT2D eigenvalue weighted by Gasteiger charge is 2.19. The summed E-state index contributed by atoms with van der Waals surface area (Å²) in [4.78, 5) is 13.4. The van der Waals surface area contributed by atoms with Gasteiger partial charge in [0.1, 0.15) is 5.75 Å². The van der Waals surface area contributed by atoms with Crippen LogP contribution in [0.1, 0.15) is 5.56 Å². The first-order valence-corrected chi connectivity index (χ1v) is 10.7. The molecule has 0 amide bonds. The molecule has 30 heavy (non-hydrogen) atoms. The summed E-state index contributed by atoms with van der Waals surface area (Å²) >= 11 is 1.67. The lowest BCUT2D eigenvalue weighted by atomic mass is 10.2. The number of rotatable bonds is 6. The lowest BCUT2D eigenvalue weighted by molar-refractivity contribution is 0.379. The van der Waals surface area contributed by atoms with Crippen molar-refractivity contribution >= 4 is 22.4 Å². The Hall–Kier alpha value is -3.26. The van der Waals surface area contributed by atoms with Crippen LogP contribution in [0.2, 0.25) is 0 Å². The van der Waals surface area contributed by atoms with E-state index in [1.165, 1.54) is 0 Å². The number of aromatic nitrogens is 1. The molecule has 8 heteroatoms. The van der Waals surface area contributed by atoms with Gasteiger partial charge in [0.2, 0.25) is 0 Å². The van der Waals surface area contributed by atoms with Crippen molar-refractivity contribution in [3.8, 4) is 17.2 Å². The normalized spacial score (nSPS) is 14.6. The highest BCUT2D eigenvalue weighted by atomic mass is 32.1. The molecule has 0 atom stereocenters. The molecule has 4 rings (SSSR count). The Morgan fingerprint density at radius 1 is 1.07 bits per heavy atom. The van der Waals surface area contributed by atoms with E-state index in [9.17, 15) is 0 Å². The van der Waals surface area contributed by atoms with Crippen molar-refractivity contribution in [2.24, 2.45) is 10.7 Å². The molecule has 0 bridgehead atoms. The van der Waals surface area contributed by atoms with Gasteiger partial charge in [0.05, 0.1) is 13.7 Å².